The highest BCUT2D eigenvalue weighted by Gasteiger charge is 2.20. The zero-order valence-corrected chi connectivity index (χ0v) is 12.2. The van der Waals surface area contributed by atoms with Crippen molar-refractivity contribution in [1.29, 1.82) is 5.41 Å². The minimum Gasteiger partial charge on any atom is -0.491 e. The third-order valence-corrected chi connectivity index (χ3v) is 3.59. The molecule has 1 saturated heterocycles. The molecule has 0 amide bonds. The fourth-order valence-electron chi connectivity index (χ4n) is 2.27. The van der Waals surface area contributed by atoms with Gasteiger partial charge in [0.05, 0.1) is 6.61 Å². The van der Waals surface area contributed by atoms with Gasteiger partial charge in [0.15, 0.2) is 0 Å². The maximum atomic E-state index is 7.47. The predicted octanol–water partition coefficient (Wildman–Crippen LogP) is 1.38. The summed E-state index contributed by atoms with van der Waals surface area (Å²) in [5, 5.41) is 7.47. The zero-order valence-electron chi connectivity index (χ0n) is 12.2. The maximum Gasteiger partial charge on any atom is 0.123 e. The number of nitrogens with one attached hydrogen (secondary N) is 1. The first kappa shape index (κ1) is 14.8. The average molecular weight is 277 g/mol. The molecule has 0 bridgehead atoms. The van der Waals surface area contributed by atoms with E-state index in [1.165, 1.54) is 0 Å². The Morgan fingerprint density at radius 2 is 2.35 bits per heavy atom. The number of ether oxygens (including phenoxy) is 2. The number of nitrogen functional groups attached to an aromatic ring is 1. The molecule has 1 unspecified atom stereocenters. The van der Waals surface area contributed by atoms with Crippen LogP contribution in [0.15, 0.2) is 18.2 Å². The summed E-state index contributed by atoms with van der Waals surface area (Å²) >= 11 is 0. The van der Waals surface area contributed by atoms with E-state index in [1.807, 2.05) is 25.1 Å². The number of benzene rings is 1. The maximum absolute atomic E-state index is 7.47. The zero-order chi connectivity index (χ0) is 14.5. The smallest absolute Gasteiger partial charge is 0.123 e. The van der Waals surface area contributed by atoms with Gasteiger partial charge >= 0.3 is 0 Å². The van der Waals surface area contributed by atoms with Gasteiger partial charge in [0, 0.05) is 18.7 Å². The number of hydrogen-bond donors (Lipinski definition) is 2. The molecule has 0 spiro atoms. The highest BCUT2D eigenvalue weighted by molar-refractivity contribution is 5.95. The predicted molar refractivity (Wildman–Crippen MR) is 79.5 cm³/mol. The van der Waals surface area contributed by atoms with Gasteiger partial charge in [0.1, 0.15) is 24.3 Å². The van der Waals surface area contributed by atoms with E-state index in [9.17, 15) is 0 Å². The van der Waals surface area contributed by atoms with E-state index in [2.05, 4.69) is 11.8 Å². The summed E-state index contributed by atoms with van der Waals surface area (Å²) in [6.07, 6.45) is 0.101. The Balaban J connectivity index is 1.96. The number of aryl methyl sites for hydroxylation is 1. The van der Waals surface area contributed by atoms with Gasteiger partial charge in [0.25, 0.3) is 0 Å². The largest absolute Gasteiger partial charge is 0.491 e. The van der Waals surface area contributed by atoms with Crippen molar-refractivity contribution in [3.8, 4) is 5.75 Å². The third kappa shape index (κ3) is 3.71. The van der Waals surface area contributed by atoms with Crippen LogP contribution in [0.1, 0.15) is 18.1 Å². The van der Waals surface area contributed by atoms with Crippen LogP contribution in [0, 0.1) is 12.3 Å². The molecule has 3 N–H and O–H groups in total. The van der Waals surface area contributed by atoms with Crippen LogP contribution in [0.3, 0.4) is 0 Å². The molecule has 1 aliphatic rings. The average Bonchev–Trinajstić information content (AvgIpc) is 2.46. The SMILES string of the molecule is CCN1CCOC(COc2cc(C(=N)N)ccc2C)C1. The van der Waals surface area contributed by atoms with E-state index in [-0.39, 0.29) is 11.9 Å². The van der Waals surface area contributed by atoms with Gasteiger partial charge in [-0.2, -0.15) is 0 Å². The van der Waals surface area contributed by atoms with Gasteiger partial charge in [0.2, 0.25) is 0 Å². The van der Waals surface area contributed by atoms with E-state index in [0.29, 0.717) is 12.2 Å². The summed E-state index contributed by atoms with van der Waals surface area (Å²) in [6.45, 7) is 8.36. The quantitative estimate of drug-likeness (QED) is 0.630. The van der Waals surface area contributed by atoms with Crippen molar-refractivity contribution in [2.24, 2.45) is 5.73 Å². The molecule has 0 aliphatic carbocycles. The van der Waals surface area contributed by atoms with Crippen molar-refractivity contribution in [3.63, 3.8) is 0 Å². The van der Waals surface area contributed by atoms with Gasteiger partial charge in [-0.25, -0.2) is 0 Å². The Morgan fingerprint density at radius 1 is 1.55 bits per heavy atom. The lowest BCUT2D eigenvalue weighted by Crippen LogP contribution is -2.44. The molecule has 5 heteroatoms. The highest BCUT2D eigenvalue weighted by Crippen LogP contribution is 2.20. The summed E-state index contributed by atoms with van der Waals surface area (Å²) in [4.78, 5) is 2.36. The van der Waals surface area contributed by atoms with Gasteiger partial charge in [-0.1, -0.05) is 19.1 Å². The number of nitrogens with zero attached hydrogens (tertiary/aromatic N) is 1. The Morgan fingerprint density at radius 3 is 3.05 bits per heavy atom. The molecule has 1 aromatic carbocycles. The topological polar surface area (TPSA) is 71.6 Å². The first-order chi connectivity index (χ1) is 9.60. The molecular weight excluding hydrogens is 254 g/mol. The molecule has 1 aliphatic heterocycles. The summed E-state index contributed by atoms with van der Waals surface area (Å²) < 4.78 is 11.6. The number of amidine groups is 1. The van der Waals surface area contributed by atoms with Crippen LogP contribution in [-0.4, -0.2) is 49.7 Å². The first-order valence-corrected chi connectivity index (χ1v) is 7.02. The number of rotatable bonds is 5. The van der Waals surface area contributed by atoms with Crippen LogP contribution < -0.4 is 10.5 Å². The molecule has 1 fully saturated rings. The van der Waals surface area contributed by atoms with Crippen LogP contribution >= 0.6 is 0 Å². The summed E-state index contributed by atoms with van der Waals surface area (Å²) in [7, 11) is 0. The standard InChI is InChI=1S/C15H23N3O2/c1-3-18-6-7-19-13(9-18)10-20-14-8-12(15(16)17)5-4-11(14)2/h4-5,8,13H,3,6-7,9-10H2,1-2H3,(H3,16,17). The Hall–Kier alpha value is -1.59. The van der Waals surface area contributed by atoms with Crippen molar-refractivity contribution in [2.75, 3.05) is 32.8 Å². The lowest BCUT2D eigenvalue weighted by Gasteiger charge is -2.32. The minimum absolute atomic E-state index is 0.0564. The summed E-state index contributed by atoms with van der Waals surface area (Å²) in [5.74, 6) is 0.829. The minimum atomic E-state index is 0.0564. The van der Waals surface area contributed by atoms with E-state index in [0.717, 1.165) is 37.6 Å². The second kappa shape index (κ2) is 6.72. The number of hydrogen-bond acceptors (Lipinski definition) is 4. The Bertz CT molecular complexity index is 476. The van der Waals surface area contributed by atoms with E-state index < -0.39 is 0 Å². The third-order valence-electron chi connectivity index (χ3n) is 3.59. The number of nitrogens with two attached hydrogens (primary N) is 1. The monoisotopic (exact) mass is 277 g/mol. The molecular formula is C15H23N3O2. The molecule has 1 atom stereocenters. The van der Waals surface area contributed by atoms with Crippen LogP contribution in [0.5, 0.6) is 5.75 Å². The normalized spacial score (nSPS) is 19.8. The van der Waals surface area contributed by atoms with Crippen LogP contribution in [0.4, 0.5) is 0 Å². The highest BCUT2D eigenvalue weighted by atomic mass is 16.5. The first-order valence-electron chi connectivity index (χ1n) is 7.02. The van der Waals surface area contributed by atoms with Crippen molar-refractivity contribution < 1.29 is 9.47 Å². The lowest BCUT2D eigenvalue weighted by atomic mass is 10.1. The van der Waals surface area contributed by atoms with E-state index in [4.69, 9.17) is 20.6 Å². The molecule has 0 radical (unpaired) electrons. The molecule has 1 aromatic rings. The summed E-state index contributed by atoms with van der Waals surface area (Å²) in [6, 6.07) is 5.57. The van der Waals surface area contributed by atoms with Gasteiger partial charge in [-0.05, 0) is 25.1 Å². The van der Waals surface area contributed by atoms with Crippen molar-refractivity contribution in [2.45, 2.75) is 20.0 Å². The second-order valence-corrected chi connectivity index (χ2v) is 5.09. The van der Waals surface area contributed by atoms with E-state index in [1.54, 1.807) is 0 Å². The van der Waals surface area contributed by atoms with Gasteiger partial charge < -0.3 is 15.2 Å². The van der Waals surface area contributed by atoms with Crippen LogP contribution in [-0.2, 0) is 4.74 Å². The Labute approximate surface area is 120 Å². The molecule has 110 valence electrons. The molecule has 2 rings (SSSR count). The van der Waals surface area contributed by atoms with Crippen LogP contribution in [0.25, 0.3) is 0 Å². The second-order valence-electron chi connectivity index (χ2n) is 5.09. The molecule has 0 saturated carbocycles. The van der Waals surface area contributed by atoms with E-state index >= 15 is 0 Å². The van der Waals surface area contributed by atoms with Crippen molar-refractivity contribution >= 4 is 5.84 Å². The van der Waals surface area contributed by atoms with Crippen molar-refractivity contribution in [3.05, 3.63) is 29.3 Å². The molecule has 5 nitrogen and oxygen atoms in total. The van der Waals surface area contributed by atoms with Crippen LogP contribution in [0.2, 0.25) is 0 Å². The van der Waals surface area contributed by atoms with Gasteiger partial charge in [-0.15, -0.1) is 0 Å². The van der Waals surface area contributed by atoms with Gasteiger partial charge in [-0.3, -0.25) is 10.3 Å². The molecule has 1 heterocycles. The molecule has 20 heavy (non-hydrogen) atoms. The molecule has 0 aromatic heterocycles. The summed E-state index contributed by atoms with van der Waals surface area (Å²) in [5.41, 5.74) is 7.23. The fourth-order valence-corrected chi connectivity index (χ4v) is 2.27. The lowest BCUT2D eigenvalue weighted by molar-refractivity contribution is -0.0464. The fraction of sp³-hybridized carbons (Fsp3) is 0.533. The van der Waals surface area contributed by atoms with Crippen molar-refractivity contribution in [1.82, 2.24) is 4.90 Å². The number of likely N-dealkylation sites (N-methyl/N-ethyl adjacent to an activating group) is 1. The Kier molecular flexibility index (Phi) is 4.98. The number of morpholine rings is 1.